The van der Waals surface area contributed by atoms with E-state index in [4.69, 9.17) is 0 Å². The van der Waals surface area contributed by atoms with E-state index in [0.717, 1.165) is 23.0 Å². The molecule has 112 valence electrons. The summed E-state index contributed by atoms with van der Waals surface area (Å²) in [4.78, 5) is 13.4. The van der Waals surface area contributed by atoms with Gasteiger partial charge >= 0.3 is 0 Å². The Morgan fingerprint density at radius 2 is 1.86 bits per heavy atom. The lowest BCUT2D eigenvalue weighted by Crippen LogP contribution is -2.11. The molecule has 2 N–H and O–H groups in total. The van der Waals surface area contributed by atoms with E-state index in [1.165, 1.54) is 11.1 Å². The minimum absolute atomic E-state index is 0.290. The lowest BCUT2D eigenvalue weighted by molar-refractivity contribution is 0.773. The minimum Gasteiger partial charge on any atom is -0.373 e. The van der Waals surface area contributed by atoms with Gasteiger partial charge < -0.3 is 10.6 Å². The number of rotatable bonds is 5. The van der Waals surface area contributed by atoms with E-state index >= 15 is 0 Å². The van der Waals surface area contributed by atoms with E-state index in [-0.39, 0.29) is 0 Å². The van der Waals surface area contributed by atoms with Crippen molar-refractivity contribution in [3.05, 3.63) is 41.0 Å². The number of hydrogen-bond donors (Lipinski definition) is 2. The smallest absolute Gasteiger partial charge is 0.135 e. The first-order valence-electron chi connectivity index (χ1n) is 7.22. The molecule has 2 aromatic rings. The van der Waals surface area contributed by atoms with E-state index in [1.807, 2.05) is 32.4 Å². The van der Waals surface area contributed by atoms with Crippen molar-refractivity contribution in [3.8, 4) is 0 Å². The fourth-order valence-electron chi connectivity index (χ4n) is 2.07. The first-order chi connectivity index (χ1) is 10.0. The van der Waals surface area contributed by atoms with E-state index in [9.17, 15) is 0 Å². The molecule has 5 heteroatoms. The second-order valence-corrected chi connectivity index (χ2v) is 5.46. The molecular weight excluding hydrogens is 262 g/mol. The predicted molar refractivity (Wildman–Crippen MR) is 86.7 cm³/mol. The molecule has 0 aromatic carbocycles. The lowest BCUT2D eigenvalue weighted by Gasteiger charge is -2.15. The Hall–Kier alpha value is -2.17. The van der Waals surface area contributed by atoms with Crippen molar-refractivity contribution in [2.75, 3.05) is 17.7 Å². The number of pyridine rings is 1. The van der Waals surface area contributed by atoms with Crippen molar-refractivity contribution in [1.82, 2.24) is 15.0 Å². The van der Waals surface area contributed by atoms with Gasteiger partial charge in [0.1, 0.15) is 17.5 Å². The van der Waals surface area contributed by atoms with Crippen LogP contribution in [0.2, 0.25) is 0 Å². The van der Waals surface area contributed by atoms with Gasteiger partial charge in [-0.25, -0.2) is 9.97 Å². The zero-order valence-corrected chi connectivity index (χ0v) is 13.4. The van der Waals surface area contributed by atoms with Crippen LogP contribution in [0.15, 0.2) is 18.5 Å². The molecule has 0 fully saturated rings. The molecule has 0 bridgehead atoms. The summed E-state index contributed by atoms with van der Waals surface area (Å²) < 4.78 is 0. The van der Waals surface area contributed by atoms with Crippen LogP contribution in [-0.2, 0) is 6.54 Å². The number of aryl methyl sites for hydroxylation is 1. The Morgan fingerprint density at radius 3 is 2.48 bits per heavy atom. The van der Waals surface area contributed by atoms with Crippen molar-refractivity contribution in [2.24, 2.45) is 0 Å². The Labute approximate surface area is 126 Å². The lowest BCUT2D eigenvalue weighted by atomic mass is 10.1. The molecule has 0 aliphatic rings. The second kappa shape index (κ2) is 6.52. The van der Waals surface area contributed by atoms with Crippen LogP contribution in [0.5, 0.6) is 0 Å². The van der Waals surface area contributed by atoms with Gasteiger partial charge in [-0.1, -0.05) is 13.8 Å². The van der Waals surface area contributed by atoms with E-state index in [0.29, 0.717) is 12.5 Å². The molecule has 0 atom stereocenters. The van der Waals surface area contributed by atoms with Crippen LogP contribution >= 0.6 is 0 Å². The highest BCUT2D eigenvalue weighted by Crippen LogP contribution is 2.23. The summed E-state index contributed by atoms with van der Waals surface area (Å²) in [7, 11) is 1.88. The van der Waals surface area contributed by atoms with Gasteiger partial charge in [-0.2, -0.15) is 0 Å². The molecule has 0 aliphatic carbocycles. The van der Waals surface area contributed by atoms with Crippen molar-refractivity contribution in [1.29, 1.82) is 0 Å². The fourth-order valence-corrected chi connectivity index (χ4v) is 2.07. The van der Waals surface area contributed by atoms with Crippen LogP contribution in [0, 0.1) is 13.8 Å². The third kappa shape index (κ3) is 3.48. The predicted octanol–water partition coefficient (Wildman–Crippen LogP) is 3.27. The summed E-state index contributed by atoms with van der Waals surface area (Å²) in [5, 5.41) is 6.55. The topological polar surface area (TPSA) is 62.7 Å². The summed E-state index contributed by atoms with van der Waals surface area (Å²) >= 11 is 0. The molecule has 0 spiro atoms. The van der Waals surface area contributed by atoms with Crippen molar-refractivity contribution in [3.63, 3.8) is 0 Å². The monoisotopic (exact) mass is 285 g/mol. The average molecular weight is 285 g/mol. The molecule has 0 aliphatic heterocycles. The van der Waals surface area contributed by atoms with Gasteiger partial charge in [0.25, 0.3) is 0 Å². The van der Waals surface area contributed by atoms with Crippen LogP contribution in [0.3, 0.4) is 0 Å². The van der Waals surface area contributed by atoms with Crippen LogP contribution < -0.4 is 10.6 Å². The number of nitrogens with zero attached hydrogens (tertiary/aromatic N) is 3. The van der Waals surface area contributed by atoms with Gasteiger partial charge in [0, 0.05) is 37.5 Å². The minimum atomic E-state index is 0.290. The molecule has 0 radical (unpaired) electrons. The Morgan fingerprint density at radius 1 is 1.14 bits per heavy atom. The molecule has 2 rings (SSSR count). The molecular formula is C16H23N5. The third-order valence-electron chi connectivity index (χ3n) is 3.51. The van der Waals surface area contributed by atoms with Gasteiger partial charge in [0.05, 0.1) is 0 Å². The van der Waals surface area contributed by atoms with Gasteiger partial charge in [-0.05, 0) is 31.0 Å². The maximum absolute atomic E-state index is 4.64. The molecule has 5 nitrogen and oxygen atoms in total. The maximum Gasteiger partial charge on any atom is 0.135 e. The standard InChI is InChI=1S/C16H23N5/c1-10(2)14-20-15(17-5)12(4)16(21-14)19-9-13-8-18-7-6-11(13)3/h6-8,10H,9H2,1-5H3,(H2,17,19,20,21). The van der Waals surface area contributed by atoms with E-state index in [1.54, 1.807) is 0 Å². The van der Waals surface area contributed by atoms with E-state index < -0.39 is 0 Å². The molecule has 2 aromatic heterocycles. The summed E-state index contributed by atoms with van der Waals surface area (Å²) in [5.74, 6) is 2.88. The highest BCUT2D eigenvalue weighted by atomic mass is 15.1. The number of nitrogens with one attached hydrogen (secondary N) is 2. The van der Waals surface area contributed by atoms with Gasteiger partial charge in [0.2, 0.25) is 0 Å². The normalized spacial score (nSPS) is 10.8. The molecule has 0 amide bonds. The van der Waals surface area contributed by atoms with Crippen LogP contribution in [0.4, 0.5) is 11.6 Å². The largest absolute Gasteiger partial charge is 0.373 e. The van der Waals surface area contributed by atoms with Crippen LogP contribution in [0.1, 0.15) is 42.3 Å². The first kappa shape index (κ1) is 15.2. The summed E-state index contributed by atoms with van der Waals surface area (Å²) in [5.41, 5.74) is 3.43. The first-order valence-corrected chi connectivity index (χ1v) is 7.22. The number of anilines is 2. The fraction of sp³-hybridized carbons (Fsp3) is 0.438. The number of aromatic nitrogens is 3. The van der Waals surface area contributed by atoms with Crippen molar-refractivity contribution < 1.29 is 0 Å². The van der Waals surface area contributed by atoms with Crippen LogP contribution in [-0.4, -0.2) is 22.0 Å². The molecule has 0 unspecified atom stereocenters. The van der Waals surface area contributed by atoms with Gasteiger partial charge in [-0.15, -0.1) is 0 Å². The molecule has 0 saturated heterocycles. The van der Waals surface area contributed by atoms with Crippen molar-refractivity contribution in [2.45, 2.75) is 40.2 Å². The highest BCUT2D eigenvalue weighted by molar-refractivity contribution is 5.57. The van der Waals surface area contributed by atoms with Crippen molar-refractivity contribution >= 4 is 11.6 Å². The Bertz CT molecular complexity index is 622. The zero-order valence-electron chi connectivity index (χ0n) is 13.4. The molecule has 0 saturated carbocycles. The zero-order chi connectivity index (χ0) is 15.4. The molecule has 2 heterocycles. The summed E-state index contributed by atoms with van der Waals surface area (Å²) in [6, 6.07) is 2.02. The summed E-state index contributed by atoms with van der Waals surface area (Å²) in [6.45, 7) is 9.01. The quantitative estimate of drug-likeness (QED) is 0.883. The van der Waals surface area contributed by atoms with Gasteiger partial charge in [-0.3, -0.25) is 4.98 Å². The average Bonchev–Trinajstić information content (AvgIpc) is 2.47. The van der Waals surface area contributed by atoms with Gasteiger partial charge in [0.15, 0.2) is 0 Å². The third-order valence-corrected chi connectivity index (χ3v) is 3.51. The van der Waals surface area contributed by atoms with Crippen LogP contribution in [0.25, 0.3) is 0 Å². The Balaban J connectivity index is 2.27. The Kier molecular flexibility index (Phi) is 4.73. The maximum atomic E-state index is 4.64. The second-order valence-electron chi connectivity index (χ2n) is 5.46. The highest BCUT2D eigenvalue weighted by Gasteiger charge is 2.12. The number of hydrogen-bond acceptors (Lipinski definition) is 5. The SMILES string of the molecule is CNc1nc(C(C)C)nc(NCc2cnccc2C)c1C. The summed E-state index contributed by atoms with van der Waals surface area (Å²) in [6.07, 6.45) is 3.70. The molecule has 21 heavy (non-hydrogen) atoms. The van der Waals surface area contributed by atoms with E-state index in [2.05, 4.69) is 46.4 Å².